The second kappa shape index (κ2) is 6.24. The molecule has 1 N–H and O–H groups in total. The summed E-state index contributed by atoms with van der Waals surface area (Å²) in [7, 11) is 0. The number of nitrogens with one attached hydrogen (secondary N) is 1. The van der Waals surface area contributed by atoms with Crippen LogP contribution >= 0.6 is 0 Å². The van der Waals surface area contributed by atoms with Crippen molar-refractivity contribution in [2.45, 2.75) is 13.3 Å². The van der Waals surface area contributed by atoms with E-state index in [0.717, 1.165) is 11.8 Å². The SMILES string of the molecule is CC(=O)N1CCCN(C(=O)c2cc3ccccc3c(=O)[nH]2)CC1. The molecule has 2 heterocycles. The molecule has 0 saturated carbocycles. The lowest BCUT2D eigenvalue weighted by Crippen LogP contribution is -2.37. The Morgan fingerprint density at radius 2 is 1.74 bits per heavy atom. The number of benzene rings is 1. The molecule has 0 radical (unpaired) electrons. The minimum Gasteiger partial charge on any atom is -0.341 e. The fraction of sp³-hybridized carbons (Fsp3) is 0.353. The van der Waals surface area contributed by atoms with E-state index < -0.39 is 0 Å². The van der Waals surface area contributed by atoms with Gasteiger partial charge in [0.2, 0.25) is 5.91 Å². The number of carbonyl (C=O) groups is 2. The van der Waals surface area contributed by atoms with E-state index in [0.29, 0.717) is 37.3 Å². The highest BCUT2D eigenvalue weighted by molar-refractivity contribution is 5.96. The number of aromatic nitrogens is 1. The Kier molecular flexibility index (Phi) is 4.14. The first-order valence-corrected chi connectivity index (χ1v) is 7.73. The molecule has 0 atom stereocenters. The topological polar surface area (TPSA) is 73.5 Å². The first kappa shape index (κ1) is 15.3. The normalized spacial score (nSPS) is 15.5. The van der Waals surface area contributed by atoms with Crippen LogP contribution in [0.4, 0.5) is 0 Å². The van der Waals surface area contributed by atoms with Crippen LogP contribution in [0.5, 0.6) is 0 Å². The van der Waals surface area contributed by atoms with Gasteiger partial charge in [-0.05, 0) is 23.9 Å². The third-order valence-corrected chi connectivity index (χ3v) is 4.21. The van der Waals surface area contributed by atoms with Crippen molar-refractivity contribution in [2.24, 2.45) is 0 Å². The first-order chi connectivity index (χ1) is 11.1. The van der Waals surface area contributed by atoms with Gasteiger partial charge in [-0.1, -0.05) is 18.2 Å². The van der Waals surface area contributed by atoms with E-state index in [4.69, 9.17) is 0 Å². The zero-order valence-electron chi connectivity index (χ0n) is 13.0. The standard InChI is InChI=1S/C17H19N3O3/c1-12(21)19-7-4-8-20(10-9-19)17(23)15-11-13-5-2-3-6-14(13)16(22)18-15/h2-3,5-6,11H,4,7-10H2,1H3,(H,18,22). The van der Waals surface area contributed by atoms with Crippen LogP contribution in [0.1, 0.15) is 23.8 Å². The molecule has 1 saturated heterocycles. The molecule has 6 heteroatoms. The second-order valence-electron chi connectivity index (χ2n) is 5.75. The molecule has 0 bridgehead atoms. The molecule has 0 spiro atoms. The molecule has 1 aliphatic rings. The van der Waals surface area contributed by atoms with Crippen LogP contribution in [0.15, 0.2) is 35.1 Å². The molecule has 1 aliphatic heterocycles. The molecule has 0 unspecified atom stereocenters. The summed E-state index contributed by atoms with van der Waals surface area (Å²) >= 11 is 0. The summed E-state index contributed by atoms with van der Waals surface area (Å²) in [5.74, 6) is -0.170. The maximum Gasteiger partial charge on any atom is 0.270 e. The quantitative estimate of drug-likeness (QED) is 0.860. The fourth-order valence-electron chi connectivity index (χ4n) is 2.93. The average molecular weight is 313 g/mol. The minimum atomic E-state index is -0.258. The van der Waals surface area contributed by atoms with Gasteiger partial charge in [-0.2, -0.15) is 0 Å². The van der Waals surface area contributed by atoms with Gasteiger partial charge in [-0.25, -0.2) is 0 Å². The Morgan fingerprint density at radius 1 is 1.04 bits per heavy atom. The van der Waals surface area contributed by atoms with Gasteiger partial charge in [-0.3, -0.25) is 14.4 Å². The summed E-state index contributed by atoms with van der Waals surface area (Å²) in [6.45, 7) is 3.79. The van der Waals surface area contributed by atoms with E-state index >= 15 is 0 Å². The van der Waals surface area contributed by atoms with Crippen LogP contribution in [0.3, 0.4) is 0 Å². The fourth-order valence-corrected chi connectivity index (χ4v) is 2.93. The lowest BCUT2D eigenvalue weighted by molar-refractivity contribution is -0.128. The predicted molar refractivity (Wildman–Crippen MR) is 87.3 cm³/mol. The Hall–Kier alpha value is -2.63. The predicted octanol–water partition coefficient (Wildman–Crippen LogP) is 1.22. The zero-order chi connectivity index (χ0) is 16.4. The van der Waals surface area contributed by atoms with Crippen molar-refractivity contribution >= 4 is 22.6 Å². The number of aromatic amines is 1. The van der Waals surface area contributed by atoms with Gasteiger partial charge in [0.15, 0.2) is 0 Å². The van der Waals surface area contributed by atoms with Gasteiger partial charge in [0, 0.05) is 38.5 Å². The number of carbonyl (C=O) groups excluding carboxylic acids is 2. The molecular formula is C17H19N3O3. The van der Waals surface area contributed by atoms with Crippen molar-refractivity contribution in [3.63, 3.8) is 0 Å². The Labute approximate surface area is 133 Å². The van der Waals surface area contributed by atoms with Crippen LogP contribution in [-0.2, 0) is 4.79 Å². The molecule has 120 valence electrons. The Morgan fingerprint density at radius 3 is 2.52 bits per heavy atom. The first-order valence-electron chi connectivity index (χ1n) is 7.73. The van der Waals surface area contributed by atoms with E-state index in [1.165, 1.54) is 6.92 Å². The van der Waals surface area contributed by atoms with E-state index in [9.17, 15) is 14.4 Å². The molecule has 0 aliphatic carbocycles. The molecule has 23 heavy (non-hydrogen) atoms. The summed E-state index contributed by atoms with van der Waals surface area (Å²) in [4.78, 5) is 42.4. The number of nitrogens with zero attached hydrogens (tertiary/aromatic N) is 2. The lowest BCUT2D eigenvalue weighted by Gasteiger charge is -2.21. The second-order valence-corrected chi connectivity index (χ2v) is 5.75. The molecule has 2 amide bonds. The molecular weight excluding hydrogens is 294 g/mol. The van der Waals surface area contributed by atoms with Gasteiger partial charge in [-0.15, -0.1) is 0 Å². The molecule has 1 aromatic carbocycles. The van der Waals surface area contributed by atoms with E-state index in [1.807, 2.05) is 12.1 Å². The Balaban J connectivity index is 1.85. The van der Waals surface area contributed by atoms with Gasteiger partial charge in [0.25, 0.3) is 11.5 Å². The molecule has 2 aromatic rings. The highest BCUT2D eigenvalue weighted by Crippen LogP contribution is 2.13. The number of rotatable bonds is 1. The molecule has 1 aromatic heterocycles. The zero-order valence-corrected chi connectivity index (χ0v) is 13.0. The number of amides is 2. The van der Waals surface area contributed by atoms with E-state index in [1.54, 1.807) is 28.0 Å². The number of H-pyrrole nitrogens is 1. The maximum absolute atomic E-state index is 12.7. The minimum absolute atomic E-state index is 0.0263. The lowest BCUT2D eigenvalue weighted by atomic mass is 10.1. The summed E-state index contributed by atoms with van der Waals surface area (Å²) in [6.07, 6.45) is 0.739. The molecule has 3 rings (SSSR count). The molecule has 6 nitrogen and oxygen atoms in total. The van der Waals surface area contributed by atoms with Crippen LogP contribution in [0, 0.1) is 0 Å². The van der Waals surface area contributed by atoms with E-state index in [-0.39, 0.29) is 17.4 Å². The van der Waals surface area contributed by atoms with Crippen LogP contribution in [0.25, 0.3) is 10.8 Å². The van der Waals surface area contributed by atoms with Crippen molar-refractivity contribution in [3.05, 3.63) is 46.4 Å². The largest absolute Gasteiger partial charge is 0.341 e. The summed E-state index contributed by atoms with van der Waals surface area (Å²) in [5.41, 5.74) is 0.0385. The maximum atomic E-state index is 12.7. The number of hydrogen-bond acceptors (Lipinski definition) is 3. The third kappa shape index (κ3) is 3.11. The van der Waals surface area contributed by atoms with E-state index in [2.05, 4.69) is 4.98 Å². The van der Waals surface area contributed by atoms with Gasteiger partial charge >= 0.3 is 0 Å². The highest BCUT2D eigenvalue weighted by atomic mass is 16.2. The Bertz CT molecular complexity index is 812. The van der Waals surface area contributed by atoms with Crippen LogP contribution in [0.2, 0.25) is 0 Å². The van der Waals surface area contributed by atoms with Gasteiger partial charge in [0.05, 0.1) is 0 Å². The molecule has 1 fully saturated rings. The summed E-state index contributed by atoms with van der Waals surface area (Å²) in [5, 5.41) is 1.32. The smallest absolute Gasteiger partial charge is 0.270 e. The summed E-state index contributed by atoms with van der Waals surface area (Å²) < 4.78 is 0. The number of hydrogen-bond donors (Lipinski definition) is 1. The van der Waals surface area contributed by atoms with Gasteiger partial charge < -0.3 is 14.8 Å². The van der Waals surface area contributed by atoms with Crippen molar-refractivity contribution in [1.82, 2.24) is 14.8 Å². The van der Waals surface area contributed by atoms with Crippen molar-refractivity contribution in [1.29, 1.82) is 0 Å². The third-order valence-electron chi connectivity index (χ3n) is 4.21. The van der Waals surface area contributed by atoms with Crippen molar-refractivity contribution < 1.29 is 9.59 Å². The number of fused-ring (bicyclic) bond motifs is 1. The van der Waals surface area contributed by atoms with Crippen LogP contribution in [-0.4, -0.2) is 52.8 Å². The average Bonchev–Trinajstić information content (AvgIpc) is 2.80. The highest BCUT2D eigenvalue weighted by Gasteiger charge is 2.22. The monoisotopic (exact) mass is 313 g/mol. The number of pyridine rings is 1. The van der Waals surface area contributed by atoms with Crippen molar-refractivity contribution in [3.8, 4) is 0 Å². The van der Waals surface area contributed by atoms with Crippen LogP contribution < -0.4 is 5.56 Å². The van der Waals surface area contributed by atoms with Gasteiger partial charge in [0.1, 0.15) is 5.69 Å². The van der Waals surface area contributed by atoms with Crippen molar-refractivity contribution in [2.75, 3.05) is 26.2 Å². The summed E-state index contributed by atoms with van der Waals surface area (Å²) in [6, 6.07) is 8.91.